The zero-order valence-corrected chi connectivity index (χ0v) is 17.2. The van der Waals surface area contributed by atoms with Gasteiger partial charge in [-0.05, 0) is 44.0 Å². The lowest BCUT2D eigenvalue weighted by Crippen LogP contribution is -2.49. The number of hydrogen-bond donors (Lipinski definition) is 2. The van der Waals surface area contributed by atoms with Crippen LogP contribution in [0.4, 0.5) is 5.69 Å². The van der Waals surface area contributed by atoms with Crippen molar-refractivity contribution in [3.05, 3.63) is 43.0 Å². The van der Waals surface area contributed by atoms with Gasteiger partial charge in [0.1, 0.15) is 0 Å². The summed E-state index contributed by atoms with van der Waals surface area (Å²) in [7, 11) is -3.86. The van der Waals surface area contributed by atoms with Crippen LogP contribution >= 0.6 is 0 Å². The minimum Gasteiger partial charge on any atom is -0.341 e. The molecule has 29 heavy (non-hydrogen) atoms. The molecule has 0 saturated carbocycles. The number of nitrogens with one attached hydrogen (secondary N) is 2. The van der Waals surface area contributed by atoms with Gasteiger partial charge in [-0.15, -0.1) is 0 Å². The number of anilines is 1. The van der Waals surface area contributed by atoms with E-state index in [2.05, 4.69) is 15.0 Å². The summed E-state index contributed by atoms with van der Waals surface area (Å²) >= 11 is 0. The molecule has 0 aliphatic carbocycles. The Morgan fingerprint density at radius 3 is 2.38 bits per heavy atom. The summed E-state index contributed by atoms with van der Waals surface area (Å²) in [5.74, 6) is -0.484. The minimum absolute atomic E-state index is 0.0325. The van der Waals surface area contributed by atoms with Gasteiger partial charge >= 0.3 is 0 Å². The van der Waals surface area contributed by atoms with Gasteiger partial charge in [0.25, 0.3) is 0 Å². The molecule has 0 bridgehead atoms. The van der Waals surface area contributed by atoms with E-state index < -0.39 is 16.1 Å². The van der Waals surface area contributed by atoms with Crippen LogP contribution in [0.25, 0.3) is 0 Å². The minimum atomic E-state index is -3.86. The van der Waals surface area contributed by atoms with Crippen LogP contribution in [-0.2, 0) is 19.6 Å². The molecular formula is C19H25N5O4S. The summed E-state index contributed by atoms with van der Waals surface area (Å²) in [5.41, 5.74) is 0.501. The molecule has 0 unspecified atom stereocenters. The lowest BCUT2D eigenvalue weighted by molar-refractivity contribution is -0.133. The largest absolute Gasteiger partial charge is 0.341 e. The molecule has 1 fully saturated rings. The molecule has 1 atom stereocenters. The van der Waals surface area contributed by atoms with E-state index in [1.54, 1.807) is 24.3 Å². The topological polar surface area (TPSA) is 113 Å². The maximum atomic E-state index is 12.7. The van der Waals surface area contributed by atoms with Crippen molar-refractivity contribution >= 4 is 27.5 Å². The fourth-order valence-electron chi connectivity index (χ4n) is 3.42. The Morgan fingerprint density at radius 1 is 1.17 bits per heavy atom. The Morgan fingerprint density at radius 2 is 1.83 bits per heavy atom. The maximum Gasteiger partial charge on any atom is 0.241 e. The third-order valence-electron chi connectivity index (χ3n) is 4.91. The number of piperidine rings is 1. The van der Waals surface area contributed by atoms with Crippen molar-refractivity contribution in [3.63, 3.8) is 0 Å². The second-order valence-corrected chi connectivity index (χ2v) is 8.83. The van der Waals surface area contributed by atoms with Gasteiger partial charge in [-0.25, -0.2) is 13.4 Å². The molecule has 9 nitrogen and oxygen atoms in total. The number of imidazole rings is 1. The molecule has 2 N–H and O–H groups in total. The molecular weight excluding hydrogens is 394 g/mol. The molecule has 1 aromatic carbocycles. The molecule has 3 rings (SSSR count). The van der Waals surface area contributed by atoms with Crippen molar-refractivity contribution in [2.45, 2.75) is 43.7 Å². The normalized spacial score (nSPS) is 16.4. The first-order chi connectivity index (χ1) is 13.8. The Hall–Kier alpha value is -2.72. The molecule has 156 valence electrons. The fourth-order valence-corrected chi connectivity index (χ4v) is 4.61. The van der Waals surface area contributed by atoms with Crippen LogP contribution in [0.2, 0.25) is 0 Å². The summed E-state index contributed by atoms with van der Waals surface area (Å²) in [6.07, 6.45) is 7.02. The van der Waals surface area contributed by atoms with Crippen molar-refractivity contribution < 1.29 is 18.0 Å². The zero-order valence-electron chi connectivity index (χ0n) is 16.4. The van der Waals surface area contributed by atoms with E-state index in [1.807, 2.05) is 10.8 Å². The number of benzene rings is 1. The summed E-state index contributed by atoms with van der Waals surface area (Å²) in [6, 6.07) is 5.21. The predicted octanol–water partition coefficient (Wildman–Crippen LogP) is 1.37. The highest BCUT2D eigenvalue weighted by Gasteiger charge is 2.29. The SMILES string of the molecule is CC(=O)Nc1ccc(S(=O)(=O)N[C@@H](C)C(=O)N2CCC(n3ccnc3)CC2)cc1. The highest BCUT2D eigenvalue weighted by Crippen LogP contribution is 2.22. The Bertz CT molecular complexity index is 949. The van der Waals surface area contributed by atoms with Gasteiger partial charge in [-0.1, -0.05) is 0 Å². The summed E-state index contributed by atoms with van der Waals surface area (Å²) in [6.45, 7) is 4.06. The molecule has 1 aliphatic rings. The summed E-state index contributed by atoms with van der Waals surface area (Å²) < 4.78 is 29.7. The quantitative estimate of drug-likeness (QED) is 0.734. The molecule has 1 aromatic heterocycles. The third-order valence-corrected chi connectivity index (χ3v) is 6.47. The van der Waals surface area contributed by atoms with Crippen LogP contribution < -0.4 is 10.0 Å². The summed E-state index contributed by atoms with van der Waals surface area (Å²) in [4.78, 5) is 29.6. The van der Waals surface area contributed by atoms with Gasteiger partial charge in [0.05, 0.1) is 17.3 Å². The second kappa shape index (κ2) is 8.75. The lowest BCUT2D eigenvalue weighted by Gasteiger charge is -2.34. The van der Waals surface area contributed by atoms with Gasteiger partial charge < -0.3 is 14.8 Å². The predicted molar refractivity (Wildman–Crippen MR) is 108 cm³/mol. The number of hydrogen-bond acceptors (Lipinski definition) is 5. The molecule has 2 heterocycles. The fraction of sp³-hybridized carbons (Fsp3) is 0.421. The van der Waals surface area contributed by atoms with Crippen LogP contribution in [-0.4, -0.2) is 53.8 Å². The van der Waals surface area contributed by atoms with Crippen LogP contribution in [0.15, 0.2) is 47.9 Å². The Kier molecular flexibility index (Phi) is 6.33. The van der Waals surface area contributed by atoms with Gasteiger partial charge in [0.15, 0.2) is 0 Å². The van der Waals surface area contributed by atoms with E-state index in [4.69, 9.17) is 0 Å². The molecule has 1 aliphatic heterocycles. The number of likely N-dealkylation sites (tertiary alicyclic amines) is 1. The molecule has 10 heteroatoms. The first-order valence-electron chi connectivity index (χ1n) is 9.42. The highest BCUT2D eigenvalue weighted by molar-refractivity contribution is 7.89. The third kappa shape index (κ3) is 5.21. The Labute approximate surface area is 170 Å². The highest BCUT2D eigenvalue weighted by atomic mass is 32.2. The molecule has 0 radical (unpaired) electrons. The monoisotopic (exact) mass is 419 g/mol. The average Bonchev–Trinajstić information content (AvgIpc) is 3.22. The van der Waals surface area contributed by atoms with E-state index in [9.17, 15) is 18.0 Å². The number of amides is 2. The molecule has 2 amide bonds. The Balaban J connectivity index is 1.58. The number of aromatic nitrogens is 2. The smallest absolute Gasteiger partial charge is 0.241 e. The van der Waals surface area contributed by atoms with Gasteiger partial charge in [0, 0.05) is 44.1 Å². The van der Waals surface area contributed by atoms with Crippen LogP contribution in [0, 0.1) is 0 Å². The van der Waals surface area contributed by atoms with Crippen molar-refractivity contribution in [2.24, 2.45) is 0 Å². The number of rotatable bonds is 6. The van der Waals surface area contributed by atoms with Gasteiger partial charge in [-0.2, -0.15) is 4.72 Å². The lowest BCUT2D eigenvalue weighted by atomic mass is 10.0. The van der Waals surface area contributed by atoms with Crippen LogP contribution in [0.3, 0.4) is 0 Å². The first-order valence-corrected chi connectivity index (χ1v) is 10.9. The van der Waals surface area contributed by atoms with Crippen molar-refractivity contribution in [1.82, 2.24) is 19.2 Å². The number of carbonyl (C=O) groups is 2. The van der Waals surface area contributed by atoms with E-state index in [-0.39, 0.29) is 16.7 Å². The standard InChI is InChI=1S/C19H25N5O4S/c1-14(19(26)23-10-7-17(8-11-23)24-12-9-20-13-24)22-29(27,28)18-5-3-16(4-6-18)21-15(2)25/h3-6,9,12-14,17,22H,7-8,10-11H2,1-2H3,(H,21,25)/t14-/m0/s1. The van der Waals surface area contributed by atoms with E-state index >= 15 is 0 Å². The molecule has 2 aromatic rings. The van der Waals surface area contributed by atoms with Crippen molar-refractivity contribution in [1.29, 1.82) is 0 Å². The molecule has 0 spiro atoms. The summed E-state index contributed by atoms with van der Waals surface area (Å²) in [5, 5.41) is 2.58. The van der Waals surface area contributed by atoms with Gasteiger partial charge in [0.2, 0.25) is 21.8 Å². The number of sulfonamides is 1. The zero-order chi connectivity index (χ0) is 21.0. The van der Waals surface area contributed by atoms with Crippen molar-refractivity contribution in [2.75, 3.05) is 18.4 Å². The van der Waals surface area contributed by atoms with Crippen molar-refractivity contribution in [3.8, 4) is 0 Å². The maximum absolute atomic E-state index is 12.7. The average molecular weight is 420 g/mol. The van der Waals surface area contributed by atoms with Crippen LogP contribution in [0.1, 0.15) is 32.7 Å². The number of nitrogens with zero attached hydrogens (tertiary/aromatic N) is 3. The second-order valence-electron chi connectivity index (χ2n) is 7.11. The number of carbonyl (C=O) groups excluding carboxylic acids is 2. The van der Waals surface area contributed by atoms with E-state index in [1.165, 1.54) is 31.2 Å². The van der Waals surface area contributed by atoms with E-state index in [0.717, 1.165) is 12.8 Å². The molecule has 1 saturated heterocycles. The van der Waals surface area contributed by atoms with E-state index in [0.29, 0.717) is 24.8 Å². The van der Waals surface area contributed by atoms with Crippen LogP contribution in [0.5, 0.6) is 0 Å². The first kappa shape index (κ1) is 21.0. The van der Waals surface area contributed by atoms with Gasteiger partial charge in [-0.3, -0.25) is 9.59 Å².